The zero-order chi connectivity index (χ0) is 18.8. The molecule has 2 aromatic rings. The summed E-state index contributed by atoms with van der Waals surface area (Å²) in [7, 11) is 1.59. The second kappa shape index (κ2) is 7.89. The van der Waals surface area contributed by atoms with Gasteiger partial charge in [-0.2, -0.15) is 4.98 Å². The first kappa shape index (κ1) is 18.3. The van der Waals surface area contributed by atoms with Crippen LogP contribution in [0.3, 0.4) is 0 Å². The van der Waals surface area contributed by atoms with Crippen molar-refractivity contribution in [3.05, 3.63) is 40.5 Å². The number of rotatable bonds is 5. The summed E-state index contributed by atoms with van der Waals surface area (Å²) in [4.78, 5) is 19.1. The van der Waals surface area contributed by atoms with Gasteiger partial charge in [-0.1, -0.05) is 42.1 Å². The van der Waals surface area contributed by atoms with Crippen molar-refractivity contribution >= 4 is 17.5 Å². The number of hydrogen-bond acceptors (Lipinski definition) is 5. The molecule has 2 heterocycles. The molecule has 1 aliphatic carbocycles. The smallest absolute Gasteiger partial charge is 0.231 e. The Morgan fingerprint density at radius 1 is 1.30 bits per heavy atom. The first-order valence-corrected chi connectivity index (χ1v) is 9.96. The maximum atomic E-state index is 12.5. The van der Waals surface area contributed by atoms with Crippen molar-refractivity contribution in [3.63, 3.8) is 0 Å². The van der Waals surface area contributed by atoms with Crippen molar-refractivity contribution in [1.82, 2.24) is 15.0 Å². The first-order valence-electron chi connectivity index (χ1n) is 9.58. The molecule has 1 aromatic carbocycles. The van der Waals surface area contributed by atoms with Gasteiger partial charge in [-0.3, -0.25) is 4.79 Å². The summed E-state index contributed by atoms with van der Waals surface area (Å²) in [5, 5.41) is 4.70. The quantitative estimate of drug-likeness (QED) is 0.773. The van der Waals surface area contributed by atoms with E-state index in [1.165, 1.54) is 19.3 Å². The van der Waals surface area contributed by atoms with Crippen LogP contribution in [-0.4, -0.2) is 40.6 Å². The van der Waals surface area contributed by atoms with E-state index in [0.717, 1.165) is 18.4 Å². The Hall–Kier alpha value is -2.08. The van der Waals surface area contributed by atoms with Crippen molar-refractivity contribution in [3.8, 4) is 5.75 Å². The second-order valence-corrected chi connectivity index (χ2v) is 7.84. The van der Waals surface area contributed by atoms with Gasteiger partial charge in [-0.25, -0.2) is 0 Å². The number of methoxy groups -OCH3 is 1. The summed E-state index contributed by atoms with van der Waals surface area (Å²) in [5.41, 5.74) is 0.974. The number of nitrogens with zero attached hydrogens (tertiary/aromatic N) is 3. The van der Waals surface area contributed by atoms with Crippen LogP contribution in [0.5, 0.6) is 5.75 Å². The van der Waals surface area contributed by atoms with Crippen LogP contribution in [0.25, 0.3) is 0 Å². The molecule has 1 atom stereocenters. The maximum Gasteiger partial charge on any atom is 0.231 e. The standard InChI is InChI=1S/C20H24ClN3O3/c1-26-17-8-7-13(9-16(17)21)10-18-22-20(23-27-18)14-11-19(25)24(12-14)15-5-3-2-4-6-15/h7-9,14-15H,2-6,10-12H2,1H3/t14-/m1/s1. The summed E-state index contributed by atoms with van der Waals surface area (Å²) < 4.78 is 10.6. The number of benzene rings is 1. The van der Waals surface area contributed by atoms with E-state index in [1.54, 1.807) is 7.11 Å². The molecule has 0 bridgehead atoms. The highest BCUT2D eigenvalue weighted by atomic mass is 35.5. The van der Waals surface area contributed by atoms with E-state index in [2.05, 4.69) is 10.1 Å². The van der Waals surface area contributed by atoms with Crippen molar-refractivity contribution in [2.24, 2.45) is 0 Å². The van der Waals surface area contributed by atoms with Crippen molar-refractivity contribution in [2.75, 3.05) is 13.7 Å². The number of halogens is 1. The molecule has 0 spiro atoms. The molecule has 0 N–H and O–H groups in total. The fourth-order valence-electron chi connectivity index (χ4n) is 4.15. The molecule has 27 heavy (non-hydrogen) atoms. The van der Waals surface area contributed by atoms with Gasteiger partial charge in [0.25, 0.3) is 0 Å². The second-order valence-electron chi connectivity index (χ2n) is 7.43. The average molecular weight is 390 g/mol. The van der Waals surface area contributed by atoms with Gasteiger partial charge in [0, 0.05) is 24.9 Å². The van der Waals surface area contributed by atoms with E-state index in [-0.39, 0.29) is 11.8 Å². The van der Waals surface area contributed by atoms with E-state index >= 15 is 0 Å². The van der Waals surface area contributed by atoms with Crippen LogP contribution in [0.4, 0.5) is 0 Å². The third-order valence-electron chi connectivity index (χ3n) is 5.59. The maximum absolute atomic E-state index is 12.5. The van der Waals surface area contributed by atoms with Gasteiger partial charge in [-0.05, 0) is 30.5 Å². The molecule has 144 valence electrons. The third-order valence-corrected chi connectivity index (χ3v) is 5.89. The van der Waals surface area contributed by atoms with E-state index in [1.807, 2.05) is 23.1 Å². The van der Waals surface area contributed by atoms with Crippen LogP contribution in [-0.2, 0) is 11.2 Å². The topological polar surface area (TPSA) is 68.5 Å². The molecule has 0 radical (unpaired) electrons. The summed E-state index contributed by atoms with van der Waals surface area (Å²) >= 11 is 6.18. The molecule has 6 nitrogen and oxygen atoms in total. The van der Waals surface area contributed by atoms with Crippen molar-refractivity contribution < 1.29 is 14.1 Å². The number of aromatic nitrogens is 2. The lowest BCUT2D eigenvalue weighted by atomic mass is 9.94. The largest absolute Gasteiger partial charge is 0.495 e. The van der Waals surface area contributed by atoms with Gasteiger partial charge in [0.15, 0.2) is 5.82 Å². The fourth-order valence-corrected chi connectivity index (χ4v) is 4.43. The normalized spacial score (nSPS) is 21.0. The zero-order valence-electron chi connectivity index (χ0n) is 15.5. The van der Waals surface area contributed by atoms with Gasteiger partial charge in [-0.15, -0.1) is 0 Å². The Kier molecular flexibility index (Phi) is 5.34. The van der Waals surface area contributed by atoms with E-state index in [4.69, 9.17) is 20.9 Å². The summed E-state index contributed by atoms with van der Waals surface area (Å²) in [6.45, 7) is 0.705. The molecule has 2 fully saturated rings. The Labute approximate surface area is 163 Å². The summed E-state index contributed by atoms with van der Waals surface area (Å²) in [5.74, 6) is 2.06. The molecule has 7 heteroatoms. The molecule has 1 aromatic heterocycles. The summed E-state index contributed by atoms with van der Waals surface area (Å²) in [6, 6.07) is 5.99. The van der Waals surface area contributed by atoms with E-state index < -0.39 is 0 Å². The van der Waals surface area contributed by atoms with Gasteiger partial charge < -0.3 is 14.2 Å². The van der Waals surface area contributed by atoms with Crippen molar-refractivity contribution in [2.45, 2.75) is 56.9 Å². The van der Waals surface area contributed by atoms with Crippen LogP contribution in [0.1, 0.15) is 61.7 Å². The third kappa shape index (κ3) is 3.95. The van der Waals surface area contributed by atoms with Crippen LogP contribution in [0, 0.1) is 0 Å². The number of carbonyl (C=O) groups excluding carboxylic acids is 1. The van der Waals surface area contributed by atoms with Crippen LogP contribution < -0.4 is 4.74 Å². The number of amides is 1. The highest BCUT2D eigenvalue weighted by Crippen LogP contribution is 2.32. The molecule has 4 rings (SSSR count). The molecule has 2 aliphatic rings. The minimum atomic E-state index is 0.0244. The molecular formula is C20H24ClN3O3. The molecule has 1 aliphatic heterocycles. The summed E-state index contributed by atoms with van der Waals surface area (Å²) in [6.07, 6.45) is 6.94. The Morgan fingerprint density at radius 2 is 2.11 bits per heavy atom. The number of ether oxygens (including phenoxy) is 1. The Balaban J connectivity index is 1.42. The minimum Gasteiger partial charge on any atom is -0.495 e. The predicted molar refractivity (Wildman–Crippen MR) is 101 cm³/mol. The lowest BCUT2D eigenvalue weighted by Gasteiger charge is -2.31. The number of likely N-dealkylation sites (tertiary alicyclic amines) is 1. The highest BCUT2D eigenvalue weighted by molar-refractivity contribution is 6.32. The fraction of sp³-hybridized carbons (Fsp3) is 0.550. The molecule has 0 unspecified atom stereocenters. The van der Waals surface area contributed by atoms with Crippen LogP contribution >= 0.6 is 11.6 Å². The van der Waals surface area contributed by atoms with E-state index in [0.29, 0.717) is 47.9 Å². The molecular weight excluding hydrogens is 366 g/mol. The van der Waals surface area contributed by atoms with Crippen molar-refractivity contribution in [1.29, 1.82) is 0 Å². The highest BCUT2D eigenvalue weighted by Gasteiger charge is 2.37. The Morgan fingerprint density at radius 3 is 2.85 bits per heavy atom. The van der Waals surface area contributed by atoms with Gasteiger partial charge in [0.2, 0.25) is 11.8 Å². The number of carbonyl (C=O) groups is 1. The monoisotopic (exact) mass is 389 g/mol. The molecule has 1 saturated heterocycles. The SMILES string of the molecule is COc1ccc(Cc2nc([C@@H]3CC(=O)N(C4CCCCC4)C3)no2)cc1Cl. The predicted octanol–water partition coefficient (Wildman–Crippen LogP) is 3.97. The molecule has 1 amide bonds. The Bertz CT molecular complexity index is 817. The van der Waals surface area contributed by atoms with Crippen LogP contribution in [0.2, 0.25) is 5.02 Å². The zero-order valence-corrected chi connectivity index (χ0v) is 16.2. The van der Waals surface area contributed by atoms with Gasteiger partial charge >= 0.3 is 0 Å². The van der Waals surface area contributed by atoms with Crippen LogP contribution in [0.15, 0.2) is 22.7 Å². The van der Waals surface area contributed by atoms with Gasteiger partial charge in [0.1, 0.15) is 5.75 Å². The lowest BCUT2D eigenvalue weighted by molar-refractivity contribution is -0.130. The minimum absolute atomic E-state index is 0.0244. The average Bonchev–Trinajstić information content (AvgIpc) is 3.29. The molecule has 1 saturated carbocycles. The first-order chi connectivity index (χ1) is 13.1. The number of hydrogen-bond donors (Lipinski definition) is 0. The van der Waals surface area contributed by atoms with Gasteiger partial charge in [0.05, 0.1) is 18.6 Å². The lowest BCUT2D eigenvalue weighted by Crippen LogP contribution is -2.37. The van der Waals surface area contributed by atoms with E-state index in [9.17, 15) is 4.79 Å².